The molecule has 0 spiro atoms. The van der Waals surface area contributed by atoms with Crippen molar-refractivity contribution >= 4 is 11.1 Å². The number of oxazole rings is 1. The van der Waals surface area contributed by atoms with Crippen LogP contribution in [-0.4, -0.2) is 4.98 Å². The highest BCUT2D eigenvalue weighted by Gasteiger charge is 2.30. The van der Waals surface area contributed by atoms with E-state index in [4.69, 9.17) is 0 Å². The highest BCUT2D eigenvalue weighted by molar-refractivity contribution is 5.72. The normalized spacial score (nSPS) is 12.2. The number of benzene rings is 1. The van der Waals surface area contributed by atoms with E-state index in [1.165, 1.54) is 0 Å². The minimum atomic E-state index is -4.41. The monoisotopic (exact) mass is 203 g/mol. The van der Waals surface area contributed by atoms with Crippen LogP contribution in [0.25, 0.3) is 11.1 Å². The van der Waals surface area contributed by atoms with Crippen LogP contribution in [0.1, 0.15) is 5.56 Å². The molecule has 74 valence electrons. The molecule has 0 aliphatic rings. The molecule has 1 N–H and O–H groups in total. The zero-order valence-electron chi connectivity index (χ0n) is 6.68. The van der Waals surface area contributed by atoms with Crippen molar-refractivity contribution in [1.82, 2.24) is 4.98 Å². The second-order valence-corrected chi connectivity index (χ2v) is 2.72. The van der Waals surface area contributed by atoms with Crippen molar-refractivity contribution in [2.45, 2.75) is 6.18 Å². The molecule has 0 aliphatic heterocycles. The Balaban J connectivity index is 2.67. The van der Waals surface area contributed by atoms with Crippen molar-refractivity contribution in [3.05, 3.63) is 34.3 Å². The van der Waals surface area contributed by atoms with Gasteiger partial charge in [-0.3, -0.25) is 4.98 Å². The van der Waals surface area contributed by atoms with Crippen molar-refractivity contribution in [3.63, 3.8) is 0 Å². The maximum absolute atomic E-state index is 12.2. The zero-order valence-corrected chi connectivity index (χ0v) is 6.68. The average molecular weight is 203 g/mol. The van der Waals surface area contributed by atoms with E-state index >= 15 is 0 Å². The number of hydrogen-bond acceptors (Lipinski definition) is 2. The van der Waals surface area contributed by atoms with Crippen molar-refractivity contribution < 1.29 is 17.6 Å². The summed E-state index contributed by atoms with van der Waals surface area (Å²) < 4.78 is 41.2. The summed E-state index contributed by atoms with van der Waals surface area (Å²) in [6.45, 7) is 0. The Morgan fingerprint density at radius 1 is 1.29 bits per heavy atom. The predicted octanol–water partition coefficient (Wildman–Crippen LogP) is 2.14. The molecule has 6 heteroatoms. The first-order valence-corrected chi connectivity index (χ1v) is 3.67. The van der Waals surface area contributed by atoms with Gasteiger partial charge >= 0.3 is 11.9 Å². The van der Waals surface area contributed by atoms with Gasteiger partial charge in [0.05, 0.1) is 11.1 Å². The summed E-state index contributed by atoms with van der Waals surface area (Å²) in [5.74, 6) is -0.765. The van der Waals surface area contributed by atoms with Gasteiger partial charge in [0.2, 0.25) is 0 Å². The summed E-state index contributed by atoms with van der Waals surface area (Å²) in [4.78, 5) is 12.8. The Labute approximate surface area is 75.2 Å². The summed E-state index contributed by atoms with van der Waals surface area (Å²) >= 11 is 0. The van der Waals surface area contributed by atoms with E-state index in [0.717, 1.165) is 18.2 Å². The first-order valence-electron chi connectivity index (χ1n) is 3.67. The third kappa shape index (κ3) is 1.39. The second kappa shape index (κ2) is 2.63. The Morgan fingerprint density at radius 2 is 2.00 bits per heavy atom. The lowest BCUT2D eigenvalue weighted by Gasteiger charge is -2.04. The van der Waals surface area contributed by atoms with Gasteiger partial charge < -0.3 is 4.42 Å². The molecule has 3 nitrogen and oxygen atoms in total. The Bertz CT molecular complexity index is 523. The van der Waals surface area contributed by atoms with E-state index < -0.39 is 17.5 Å². The minimum absolute atomic E-state index is 0.0461. The first-order chi connectivity index (χ1) is 6.47. The zero-order chi connectivity index (χ0) is 10.3. The van der Waals surface area contributed by atoms with Crippen molar-refractivity contribution in [1.29, 1.82) is 0 Å². The molecule has 1 aromatic carbocycles. The van der Waals surface area contributed by atoms with E-state index in [2.05, 4.69) is 9.40 Å². The smallest absolute Gasteiger partial charge is 0.408 e. The van der Waals surface area contributed by atoms with Crippen LogP contribution in [-0.2, 0) is 6.18 Å². The number of halogens is 3. The number of H-pyrrole nitrogens is 1. The lowest BCUT2D eigenvalue weighted by molar-refractivity contribution is -0.137. The SMILES string of the molecule is O=c1[nH]c2cc(C(F)(F)F)ccc2o1. The van der Waals surface area contributed by atoms with Gasteiger partial charge in [0.25, 0.3) is 0 Å². The Kier molecular flexibility index (Phi) is 1.67. The largest absolute Gasteiger partial charge is 0.417 e. The maximum Gasteiger partial charge on any atom is 0.417 e. The summed E-state index contributed by atoms with van der Waals surface area (Å²) in [7, 11) is 0. The van der Waals surface area contributed by atoms with Crippen LogP contribution in [0.4, 0.5) is 13.2 Å². The second-order valence-electron chi connectivity index (χ2n) is 2.72. The summed E-state index contributed by atoms with van der Waals surface area (Å²) in [5.41, 5.74) is -0.658. The lowest BCUT2D eigenvalue weighted by atomic mass is 10.2. The minimum Gasteiger partial charge on any atom is -0.408 e. The van der Waals surface area contributed by atoms with E-state index in [-0.39, 0.29) is 11.1 Å². The molecule has 0 amide bonds. The van der Waals surface area contributed by atoms with Gasteiger partial charge in [-0.05, 0) is 18.2 Å². The highest BCUT2D eigenvalue weighted by atomic mass is 19.4. The molecule has 0 radical (unpaired) electrons. The number of hydrogen-bond donors (Lipinski definition) is 1. The fraction of sp³-hybridized carbons (Fsp3) is 0.125. The topological polar surface area (TPSA) is 46.0 Å². The number of alkyl halides is 3. The van der Waals surface area contributed by atoms with Gasteiger partial charge in [-0.1, -0.05) is 0 Å². The van der Waals surface area contributed by atoms with E-state index in [9.17, 15) is 18.0 Å². The molecule has 0 unspecified atom stereocenters. The molecule has 2 rings (SSSR count). The lowest BCUT2D eigenvalue weighted by Crippen LogP contribution is -2.04. The quantitative estimate of drug-likeness (QED) is 0.712. The first kappa shape index (κ1) is 8.86. The van der Waals surface area contributed by atoms with Gasteiger partial charge in [-0.15, -0.1) is 0 Å². The molecule has 1 heterocycles. The van der Waals surface area contributed by atoms with Gasteiger partial charge in [-0.2, -0.15) is 13.2 Å². The Morgan fingerprint density at radius 3 is 2.64 bits per heavy atom. The molecule has 2 aromatic rings. The van der Waals surface area contributed by atoms with Crippen LogP contribution >= 0.6 is 0 Å². The number of nitrogens with one attached hydrogen (secondary N) is 1. The van der Waals surface area contributed by atoms with Gasteiger partial charge in [0.15, 0.2) is 5.58 Å². The molecular formula is C8H4F3NO2. The standard InChI is InChI=1S/C8H4F3NO2/c9-8(10,11)4-1-2-6-5(3-4)12-7(13)14-6/h1-3H,(H,12,13). The van der Waals surface area contributed by atoms with Crippen LogP contribution in [0.3, 0.4) is 0 Å². The van der Waals surface area contributed by atoms with Crippen LogP contribution in [0.2, 0.25) is 0 Å². The van der Waals surface area contributed by atoms with E-state index in [1.807, 2.05) is 0 Å². The maximum atomic E-state index is 12.2. The molecule has 0 atom stereocenters. The summed E-state index contributed by atoms with van der Waals surface area (Å²) in [5, 5.41) is 0. The van der Waals surface area contributed by atoms with Crippen molar-refractivity contribution in [3.8, 4) is 0 Å². The van der Waals surface area contributed by atoms with Crippen molar-refractivity contribution in [2.75, 3.05) is 0 Å². The third-order valence-corrected chi connectivity index (χ3v) is 1.75. The Hall–Kier alpha value is -1.72. The molecule has 0 aliphatic carbocycles. The van der Waals surface area contributed by atoms with Crippen LogP contribution in [0.15, 0.2) is 27.4 Å². The highest BCUT2D eigenvalue weighted by Crippen LogP contribution is 2.30. The summed E-state index contributed by atoms with van der Waals surface area (Å²) in [6, 6.07) is 2.80. The molecule has 0 fully saturated rings. The molecule has 14 heavy (non-hydrogen) atoms. The third-order valence-electron chi connectivity index (χ3n) is 1.75. The molecule has 0 saturated heterocycles. The fourth-order valence-electron chi connectivity index (χ4n) is 1.13. The predicted molar refractivity (Wildman–Crippen MR) is 41.8 cm³/mol. The molecule has 0 bridgehead atoms. The fourth-order valence-corrected chi connectivity index (χ4v) is 1.13. The van der Waals surface area contributed by atoms with E-state index in [0.29, 0.717) is 0 Å². The van der Waals surface area contributed by atoms with Crippen LogP contribution < -0.4 is 5.76 Å². The van der Waals surface area contributed by atoms with Crippen molar-refractivity contribution in [2.24, 2.45) is 0 Å². The number of fused-ring (bicyclic) bond motifs is 1. The van der Waals surface area contributed by atoms with Gasteiger partial charge in [0, 0.05) is 0 Å². The van der Waals surface area contributed by atoms with Crippen LogP contribution in [0.5, 0.6) is 0 Å². The van der Waals surface area contributed by atoms with Gasteiger partial charge in [0.1, 0.15) is 0 Å². The molecule has 1 aromatic heterocycles. The number of aromatic nitrogens is 1. The number of aromatic amines is 1. The van der Waals surface area contributed by atoms with Crippen LogP contribution in [0, 0.1) is 0 Å². The summed E-state index contributed by atoms with van der Waals surface area (Å²) in [6.07, 6.45) is -4.41. The van der Waals surface area contributed by atoms with Gasteiger partial charge in [-0.25, -0.2) is 4.79 Å². The average Bonchev–Trinajstić information content (AvgIpc) is 2.41. The number of rotatable bonds is 0. The molecular weight excluding hydrogens is 199 g/mol. The van der Waals surface area contributed by atoms with E-state index in [1.54, 1.807) is 0 Å². The molecule has 0 saturated carbocycles.